The Bertz CT molecular complexity index is 538. The molecule has 2 heterocycles. The highest BCUT2D eigenvalue weighted by molar-refractivity contribution is 5.87. The van der Waals surface area contributed by atoms with Crippen molar-refractivity contribution in [2.45, 2.75) is 6.54 Å². The van der Waals surface area contributed by atoms with Crippen molar-refractivity contribution >= 4 is 5.97 Å². The summed E-state index contributed by atoms with van der Waals surface area (Å²) < 4.78 is 5.39. The molecule has 0 aliphatic carbocycles. The van der Waals surface area contributed by atoms with Gasteiger partial charge in [-0.25, -0.2) is 4.79 Å². The van der Waals surface area contributed by atoms with E-state index in [-0.39, 0.29) is 0 Å². The van der Waals surface area contributed by atoms with Gasteiger partial charge in [-0.3, -0.25) is 14.7 Å². The van der Waals surface area contributed by atoms with Crippen LogP contribution in [0.4, 0.5) is 0 Å². The minimum Gasteiger partial charge on any atom is -0.478 e. The second kappa shape index (κ2) is 8.58. The molecule has 0 atom stereocenters. The van der Waals surface area contributed by atoms with Crippen molar-refractivity contribution in [3.05, 3.63) is 35.4 Å². The Morgan fingerprint density at radius 2 is 1.58 bits per heavy atom. The van der Waals surface area contributed by atoms with Crippen molar-refractivity contribution in [2.24, 2.45) is 0 Å². The Kier molecular flexibility index (Phi) is 6.20. The van der Waals surface area contributed by atoms with Crippen molar-refractivity contribution in [3.8, 4) is 0 Å². The van der Waals surface area contributed by atoms with E-state index in [0.29, 0.717) is 5.56 Å². The molecule has 0 amide bonds. The third-order valence-corrected chi connectivity index (χ3v) is 4.88. The summed E-state index contributed by atoms with van der Waals surface area (Å²) in [5.74, 6) is -0.857. The number of hydrogen-bond acceptors (Lipinski definition) is 5. The second-order valence-corrected chi connectivity index (χ2v) is 6.58. The number of carboxylic acids is 1. The van der Waals surface area contributed by atoms with Gasteiger partial charge in [0.2, 0.25) is 0 Å². The fourth-order valence-electron chi connectivity index (χ4n) is 3.34. The van der Waals surface area contributed by atoms with Crippen molar-refractivity contribution < 1.29 is 14.6 Å². The fraction of sp³-hybridized carbons (Fsp3) is 0.611. The predicted octanol–water partition coefficient (Wildman–Crippen LogP) is 0.835. The standard InChI is InChI=1S/C18H27N3O3/c22-18(23)17-3-1-2-16(14-17)15-21-8-6-19(7-9-21)4-5-20-10-12-24-13-11-20/h1-3,14H,4-13,15H2,(H,22,23). The molecule has 0 radical (unpaired) electrons. The third kappa shape index (κ3) is 5.01. The average molecular weight is 333 g/mol. The first-order chi connectivity index (χ1) is 11.7. The van der Waals surface area contributed by atoms with Crippen LogP contribution in [0.1, 0.15) is 15.9 Å². The molecular formula is C18H27N3O3. The molecule has 24 heavy (non-hydrogen) atoms. The molecule has 0 spiro atoms. The third-order valence-electron chi connectivity index (χ3n) is 4.88. The van der Waals surface area contributed by atoms with E-state index in [9.17, 15) is 4.79 Å². The number of benzene rings is 1. The maximum absolute atomic E-state index is 11.1. The highest BCUT2D eigenvalue weighted by Crippen LogP contribution is 2.11. The van der Waals surface area contributed by atoms with E-state index in [4.69, 9.17) is 9.84 Å². The number of rotatable bonds is 6. The second-order valence-electron chi connectivity index (χ2n) is 6.58. The number of aromatic carboxylic acids is 1. The number of morpholine rings is 1. The summed E-state index contributed by atoms with van der Waals surface area (Å²) in [7, 11) is 0. The average Bonchev–Trinajstić information content (AvgIpc) is 2.62. The molecule has 2 aliphatic rings. The first kappa shape index (κ1) is 17.4. The monoisotopic (exact) mass is 333 g/mol. The van der Waals surface area contributed by atoms with Gasteiger partial charge in [-0.05, 0) is 17.7 Å². The lowest BCUT2D eigenvalue weighted by molar-refractivity contribution is 0.0296. The molecule has 2 saturated heterocycles. The van der Waals surface area contributed by atoms with Crippen molar-refractivity contribution in [1.82, 2.24) is 14.7 Å². The molecule has 2 fully saturated rings. The van der Waals surface area contributed by atoms with Crippen LogP contribution in [0.3, 0.4) is 0 Å². The lowest BCUT2D eigenvalue weighted by atomic mass is 10.1. The minimum atomic E-state index is -0.857. The zero-order valence-electron chi connectivity index (χ0n) is 14.2. The Balaban J connectivity index is 1.40. The van der Waals surface area contributed by atoms with Crippen LogP contribution in [0, 0.1) is 0 Å². The van der Waals surface area contributed by atoms with Crippen LogP contribution in [0.15, 0.2) is 24.3 Å². The minimum absolute atomic E-state index is 0.372. The Labute approximate surface area is 143 Å². The van der Waals surface area contributed by atoms with Gasteiger partial charge in [-0.15, -0.1) is 0 Å². The van der Waals surface area contributed by atoms with Gasteiger partial charge in [0.15, 0.2) is 0 Å². The summed E-state index contributed by atoms with van der Waals surface area (Å²) in [6.45, 7) is 11.2. The van der Waals surface area contributed by atoms with E-state index < -0.39 is 5.97 Å². The van der Waals surface area contributed by atoms with Crippen molar-refractivity contribution in [1.29, 1.82) is 0 Å². The smallest absolute Gasteiger partial charge is 0.335 e. The summed E-state index contributed by atoms with van der Waals surface area (Å²) in [5.41, 5.74) is 1.45. The Morgan fingerprint density at radius 1 is 0.958 bits per heavy atom. The van der Waals surface area contributed by atoms with Gasteiger partial charge in [-0.1, -0.05) is 12.1 Å². The number of nitrogens with zero attached hydrogens (tertiary/aromatic N) is 3. The summed E-state index contributed by atoms with van der Waals surface area (Å²) in [5, 5.41) is 9.08. The van der Waals surface area contributed by atoms with E-state index in [1.807, 2.05) is 12.1 Å². The number of ether oxygens (including phenoxy) is 1. The Hall–Kier alpha value is -1.47. The van der Waals surface area contributed by atoms with E-state index in [1.165, 1.54) is 0 Å². The fourth-order valence-corrected chi connectivity index (χ4v) is 3.34. The highest BCUT2D eigenvalue weighted by atomic mass is 16.5. The normalized spacial score (nSPS) is 21.0. The summed E-state index contributed by atoms with van der Waals surface area (Å²) in [6.07, 6.45) is 0. The van der Waals surface area contributed by atoms with Crippen LogP contribution < -0.4 is 0 Å². The molecule has 6 heteroatoms. The lowest BCUT2D eigenvalue weighted by Gasteiger charge is -2.36. The number of piperazine rings is 1. The van der Waals surface area contributed by atoms with Crippen LogP contribution >= 0.6 is 0 Å². The Morgan fingerprint density at radius 3 is 2.25 bits per heavy atom. The number of carbonyl (C=O) groups is 1. The largest absolute Gasteiger partial charge is 0.478 e. The molecule has 6 nitrogen and oxygen atoms in total. The van der Waals surface area contributed by atoms with Crippen LogP contribution in [-0.2, 0) is 11.3 Å². The maximum Gasteiger partial charge on any atom is 0.335 e. The van der Waals surface area contributed by atoms with Gasteiger partial charge in [0, 0.05) is 58.9 Å². The van der Waals surface area contributed by atoms with Gasteiger partial charge >= 0.3 is 5.97 Å². The number of hydrogen-bond donors (Lipinski definition) is 1. The summed E-state index contributed by atoms with van der Waals surface area (Å²) in [6, 6.07) is 7.27. The summed E-state index contributed by atoms with van der Waals surface area (Å²) >= 11 is 0. The molecule has 0 saturated carbocycles. The molecule has 1 N–H and O–H groups in total. The highest BCUT2D eigenvalue weighted by Gasteiger charge is 2.18. The molecule has 0 bridgehead atoms. The molecule has 132 valence electrons. The van der Waals surface area contributed by atoms with E-state index in [1.54, 1.807) is 12.1 Å². The van der Waals surface area contributed by atoms with Crippen LogP contribution in [-0.4, -0.2) is 91.3 Å². The van der Waals surface area contributed by atoms with Crippen LogP contribution in [0.2, 0.25) is 0 Å². The van der Waals surface area contributed by atoms with E-state index >= 15 is 0 Å². The van der Waals surface area contributed by atoms with Crippen molar-refractivity contribution in [3.63, 3.8) is 0 Å². The zero-order chi connectivity index (χ0) is 16.8. The van der Waals surface area contributed by atoms with E-state index in [0.717, 1.165) is 77.7 Å². The van der Waals surface area contributed by atoms with Crippen molar-refractivity contribution in [2.75, 3.05) is 65.6 Å². The maximum atomic E-state index is 11.1. The lowest BCUT2D eigenvalue weighted by Crippen LogP contribution is -2.49. The first-order valence-corrected chi connectivity index (χ1v) is 8.78. The molecule has 2 aliphatic heterocycles. The topological polar surface area (TPSA) is 56.2 Å². The van der Waals surface area contributed by atoms with Gasteiger partial charge in [-0.2, -0.15) is 0 Å². The zero-order valence-corrected chi connectivity index (χ0v) is 14.2. The van der Waals surface area contributed by atoms with Gasteiger partial charge < -0.3 is 9.84 Å². The van der Waals surface area contributed by atoms with Crippen LogP contribution in [0.5, 0.6) is 0 Å². The van der Waals surface area contributed by atoms with Crippen LogP contribution in [0.25, 0.3) is 0 Å². The molecule has 0 unspecified atom stereocenters. The predicted molar refractivity (Wildman–Crippen MR) is 92.4 cm³/mol. The SMILES string of the molecule is O=C(O)c1cccc(CN2CCN(CCN3CCOCC3)CC2)c1. The molecule has 1 aromatic rings. The quantitative estimate of drug-likeness (QED) is 0.832. The van der Waals surface area contributed by atoms with Gasteiger partial charge in [0.25, 0.3) is 0 Å². The molecule has 0 aromatic heterocycles. The van der Waals surface area contributed by atoms with Gasteiger partial charge in [0.05, 0.1) is 18.8 Å². The molecule has 3 rings (SSSR count). The molecule has 1 aromatic carbocycles. The molecular weight excluding hydrogens is 306 g/mol. The number of carboxylic acid groups (broad SMARTS) is 1. The first-order valence-electron chi connectivity index (χ1n) is 8.78. The van der Waals surface area contributed by atoms with Gasteiger partial charge in [0.1, 0.15) is 0 Å². The summed E-state index contributed by atoms with van der Waals surface area (Å²) in [4.78, 5) is 18.5. The van der Waals surface area contributed by atoms with E-state index in [2.05, 4.69) is 14.7 Å².